The number of esters is 1. The van der Waals surface area contributed by atoms with Crippen molar-refractivity contribution in [2.75, 3.05) is 26.1 Å². The number of aromatic nitrogens is 3. The summed E-state index contributed by atoms with van der Waals surface area (Å²) in [4.78, 5) is 24.5. The smallest absolute Gasteiger partial charge is 0.339 e. The van der Waals surface area contributed by atoms with Crippen molar-refractivity contribution in [2.24, 2.45) is 0 Å². The largest absolute Gasteiger partial charge is 0.493 e. The third-order valence-electron chi connectivity index (χ3n) is 5.25. The van der Waals surface area contributed by atoms with Crippen molar-refractivity contribution in [3.05, 3.63) is 77.1 Å². The van der Waals surface area contributed by atoms with Gasteiger partial charge in [0, 0.05) is 23.8 Å². The zero-order chi connectivity index (χ0) is 24.8. The van der Waals surface area contributed by atoms with Crippen molar-refractivity contribution in [3.63, 3.8) is 0 Å². The van der Waals surface area contributed by atoms with Gasteiger partial charge in [-0.05, 0) is 48.7 Å². The SMILES string of the molecule is COC(=O)c1cc(Nc2ncnc3cc(OCCCc4ccncc4)c(OC)cc23)c(F)cc1Cl. The average Bonchev–Trinajstić information content (AvgIpc) is 2.88. The van der Waals surface area contributed by atoms with Crippen LogP contribution in [0.1, 0.15) is 22.3 Å². The number of carbonyl (C=O) groups is 1. The van der Waals surface area contributed by atoms with Crippen LogP contribution in [0.25, 0.3) is 10.9 Å². The van der Waals surface area contributed by atoms with E-state index < -0.39 is 11.8 Å². The van der Waals surface area contributed by atoms with E-state index >= 15 is 0 Å². The minimum absolute atomic E-state index is 0.00482. The standard InChI is InChI=1S/C25H22ClFN4O4/c1-33-22-11-17-20(13-23(22)35-9-3-4-15-5-7-28-8-6-15)29-14-30-24(17)31-21-10-16(25(32)34-2)18(26)12-19(21)27/h5-8,10-14H,3-4,9H2,1-2H3,(H,29,30,31). The van der Waals surface area contributed by atoms with Crippen molar-refractivity contribution in [1.82, 2.24) is 15.0 Å². The number of nitrogens with one attached hydrogen (secondary N) is 1. The highest BCUT2D eigenvalue weighted by Gasteiger charge is 2.17. The average molecular weight is 497 g/mol. The zero-order valence-corrected chi connectivity index (χ0v) is 19.8. The first kappa shape index (κ1) is 24.2. The van der Waals surface area contributed by atoms with E-state index in [2.05, 4.69) is 20.3 Å². The normalized spacial score (nSPS) is 10.7. The Hall–Kier alpha value is -3.98. The van der Waals surface area contributed by atoms with Crippen LogP contribution in [0.2, 0.25) is 5.02 Å². The maximum atomic E-state index is 14.6. The number of hydrogen-bond donors (Lipinski definition) is 1. The van der Waals surface area contributed by atoms with Gasteiger partial charge >= 0.3 is 5.97 Å². The molecular weight excluding hydrogens is 475 g/mol. The van der Waals surface area contributed by atoms with Crippen LogP contribution < -0.4 is 14.8 Å². The molecule has 0 radical (unpaired) electrons. The molecule has 4 rings (SSSR count). The monoisotopic (exact) mass is 496 g/mol. The second-order valence-corrected chi connectivity index (χ2v) is 7.89. The molecule has 0 amide bonds. The van der Waals surface area contributed by atoms with Crippen LogP contribution >= 0.6 is 11.6 Å². The molecule has 2 aromatic heterocycles. The quantitative estimate of drug-likeness (QED) is 0.244. The Labute approximate surface area is 206 Å². The van der Waals surface area contributed by atoms with E-state index in [1.54, 1.807) is 24.5 Å². The maximum Gasteiger partial charge on any atom is 0.339 e. The van der Waals surface area contributed by atoms with Gasteiger partial charge in [-0.1, -0.05) is 11.6 Å². The number of aryl methyl sites for hydroxylation is 1. The number of rotatable bonds is 9. The van der Waals surface area contributed by atoms with Gasteiger partial charge in [0.1, 0.15) is 18.0 Å². The van der Waals surface area contributed by atoms with Crippen LogP contribution in [0, 0.1) is 5.82 Å². The summed E-state index contributed by atoms with van der Waals surface area (Å²) < 4.78 is 30.8. The summed E-state index contributed by atoms with van der Waals surface area (Å²) in [7, 11) is 2.75. The van der Waals surface area contributed by atoms with Gasteiger partial charge in [-0.3, -0.25) is 4.98 Å². The van der Waals surface area contributed by atoms with Crippen molar-refractivity contribution in [3.8, 4) is 11.5 Å². The lowest BCUT2D eigenvalue weighted by Crippen LogP contribution is -2.06. The summed E-state index contributed by atoms with van der Waals surface area (Å²) in [5, 5.41) is 3.43. The van der Waals surface area contributed by atoms with E-state index in [9.17, 15) is 9.18 Å². The molecule has 0 aliphatic rings. The van der Waals surface area contributed by atoms with Gasteiger partial charge in [0.2, 0.25) is 0 Å². The van der Waals surface area contributed by atoms with E-state index in [1.807, 2.05) is 12.1 Å². The molecule has 4 aromatic rings. The second kappa shape index (κ2) is 11.0. The second-order valence-electron chi connectivity index (χ2n) is 7.48. The first-order valence-electron chi connectivity index (χ1n) is 10.7. The molecule has 0 saturated heterocycles. The predicted molar refractivity (Wildman–Crippen MR) is 130 cm³/mol. The minimum atomic E-state index is -0.682. The van der Waals surface area contributed by atoms with Gasteiger partial charge in [-0.25, -0.2) is 19.2 Å². The van der Waals surface area contributed by atoms with Crippen LogP contribution in [0.15, 0.2) is 55.1 Å². The highest BCUT2D eigenvalue weighted by atomic mass is 35.5. The van der Waals surface area contributed by atoms with E-state index in [4.69, 9.17) is 25.8 Å². The lowest BCUT2D eigenvalue weighted by atomic mass is 10.1. The Morgan fingerprint density at radius 2 is 1.89 bits per heavy atom. The summed E-state index contributed by atoms with van der Waals surface area (Å²) in [6, 6.07) is 9.71. The zero-order valence-electron chi connectivity index (χ0n) is 19.0. The van der Waals surface area contributed by atoms with Crippen LogP contribution in [-0.2, 0) is 11.2 Å². The first-order valence-corrected chi connectivity index (χ1v) is 11.1. The number of benzene rings is 2. The predicted octanol–water partition coefficient (Wildman–Crippen LogP) is 5.37. The van der Waals surface area contributed by atoms with Crippen molar-refractivity contribution in [2.45, 2.75) is 12.8 Å². The van der Waals surface area contributed by atoms with Crippen molar-refractivity contribution >= 4 is 40.0 Å². The molecule has 0 atom stereocenters. The number of hydrogen-bond acceptors (Lipinski definition) is 8. The van der Waals surface area contributed by atoms with Gasteiger partial charge in [-0.2, -0.15) is 0 Å². The summed E-state index contributed by atoms with van der Waals surface area (Å²) in [5.41, 5.74) is 1.78. The van der Waals surface area contributed by atoms with Gasteiger partial charge in [0.05, 0.1) is 42.6 Å². The van der Waals surface area contributed by atoms with Crippen LogP contribution in [0.3, 0.4) is 0 Å². The molecule has 10 heteroatoms. The molecule has 1 N–H and O–H groups in total. The van der Waals surface area contributed by atoms with Crippen LogP contribution in [-0.4, -0.2) is 41.7 Å². The first-order chi connectivity index (χ1) is 17.0. The summed E-state index contributed by atoms with van der Waals surface area (Å²) in [6.45, 7) is 0.479. The highest BCUT2D eigenvalue weighted by molar-refractivity contribution is 6.33. The Morgan fingerprint density at radius 3 is 2.63 bits per heavy atom. The molecule has 35 heavy (non-hydrogen) atoms. The molecule has 0 aliphatic carbocycles. The Kier molecular flexibility index (Phi) is 7.57. The fourth-order valence-electron chi connectivity index (χ4n) is 3.48. The van der Waals surface area contributed by atoms with Gasteiger partial charge < -0.3 is 19.5 Å². The number of methoxy groups -OCH3 is 2. The fraction of sp³-hybridized carbons (Fsp3) is 0.200. The topological polar surface area (TPSA) is 95.5 Å². The lowest BCUT2D eigenvalue weighted by Gasteiger charge is -2.14. The summed E-state index contributed by atoms with van der Waals surface area (Å²) in [5.74, 6) is -0.0146. The van der Waals surface area contributed by atoms with Crippen LogP contribution in [0.5, 0.6) is 11.5 Å². The van der Waals surface area contributed by atoms with Crippen LogP contribution in [0.4, 0.5) is 15.9 Å². The molecule has 2 aromatic carbocycles. The fourth-order valence-corrected chi connectivity index (χ4v) is 3.71. The third-order valence-corrected chi connectivity index (χ3v) is 5.57. The Morgan fingerprint density at radius 1 is 1.09 bits per heavy atom. The van der Waals surface area contributed by atoms with Gasteiger partial charge in [0.25, 0.3) is 0 Å². The lowest BCUT2D eigenvalue weighted by molar-refractivity contribution is 0.0601. The molecule has 0 fully saturated rings. The molecule has 180 valence electrons. The van der Waals surface area contributed by atoms with E-state index in [0.29, 0.717) is 34.8 Å². The van der Waals surface area contributed by atoms with E-state index in [0.717, 1.165) is 18.9 Å². The van der Waals surface area contributed by atoms with Gasteiger partial charge in [0.15, 0.2) is 11.5 Å². The maximum absolute atomic E-state index is 14.6. The molecule has 0 unspecified atom stereocenters. The molecule has 0 aliphatic heterocycles. The molecule has 8 nitrogen and oxygen atoms in total. The van der Waals surface area contributed by atoms with Crippen molar-refractivity contribution < 1.29 is 23.4 Å². The number of ether oxygens (including phenoxy) is 3. The molecule has 0 spiro atoms. The van der Waals surface area contributed by atoms with Crippen molar-refractivity contribution in [1.29, 1.82) is 0 Å². The highest BCUT2D eigenvalue weighted by Crippen LogP contribution is 2.35. The van der Waals surface area contributed by atoms with E-state index in [-0.39, 0.29) is 16.3 Å². The number of pyridine rings is 1. The number of fused-ring (bicyclic) bond motifs is 1. The number of nitrogens with zero attached hydrogens (tertiary/aromatic N) is 3. The number of carbonyl (C=O) groups excluding carboxylic acids is 1. The molecular formula is C25H22ClFN4O4. The van der Waals surface area contributed by atoms with Gasteiger partial charge in [-0.15, -0.1) is 0 Å². The number of halogens is 2. The summed E-state index contributed by atoms with van der Waals surface area (Å²) >= 11 is 5.99. The molecule has 2 heterocycles. The Bertz CT molecular complexity index is 1350. The van der Waals surface area contributed by atoms with E-state index in [1.165, 1.54) is 32.2 Å². The minimum Gasteiger partial charge on any atom is -0.493 e. The third kappa shape index (κ3) is 5.58. The summed E-state index contributed by atoms with van der Waals surface area (Å²) in [6.07, 6.45) is 6.54. The number of anilines is 2. The Balaban J connectivity index is 1.57. The molecule has 0 saturated carbocycles. The molecule has 0 bridgehead atoms.